The quantitative estimate of drug-likeness (QED) is 0.526. The SMILES string of the molecule is CC(=Nc1cc(OC2CN(C(=O)OC(C)(C)C)C2)c(F)cn1)C(=C(C)N)S(=O)(=O)Cl. The first-order chi connectivity index (χ1) is 13.7. The number of allylic oxidation sites excluding steroid dienone is 2. The highest BCUT2D eigenvalue weighted by atomic mass is 35.7. The predicted molar refractivity (Wildman–Crippen MR) is 111 cm³/mol. The maximum absolute atomic E-state index is 14.1. The Hall–Kier alpha value is -2.40. The molecule has 0 aromatic carbocycles. The number of nitrogens with zero attached hydrogens (tertiary/aromatic N) is 3. The molecule has 1 aromatic heterocycles. The highest BCUT2D eigenvalue weighted by Gasteiger charge is 2.35. The zero-order valence-electron chi connectivity index (χ0n) is 17.3. The molecule has 1 aromatic rings. The number of aliphatic imine (C=N–C) groups is 1. The first-order valence-corrected chi connectivity index (χ1v) is 11.2. The Bertz CT molecular complexity index is 994. The van der Waals surface area contributed by atoms with Gasteiger partial charge in [-0.25, -0.2) is 27.6 Å². The third-order valence-electron chi connectivity index (χ3n) is 3.81. The van der Waals surface area contributed by atoms with Gasteiger partial charge in [0.15, 0.2) is 17.4 Å². The predicted octanol–water partition coefficient (Wildman–Crippen LogP) is 3.07. The molecule has 0 bridgehead atoms. The van der Waals surface area contributed by atoms with Crippen LogP contribution in [0.4, 0.5) is 15.0 Å². The van der Waals surface area contributed by atoms with Crippen molar-refractivity contribution in [1.29, 1.82) is 0 Å². The summed E-state index contributed by atoms with van der Waals surface area (Å²) in [6.07, 6.45) is -0.00543. The molecule has 2 N–H and O–H groups in total. The van der Waals surface area contributed by atoms with Gasteiger partial charge in [0.05, 0.1) is 25.0 Å². The fourth-order valence-electron chi connectivity index (χ4n) is 2.61. The van der Waals surface area contributed by atoms with Crippen molar-refractivity contribution < 1.29 is 27.1 Å². The molecule has 2 heterocycles. The Morgan fingerprint density at radius 1 is 1.37 bits per heavy atom. The Morgan fingerprint density at radius 2 is 1.97 bits per heavy atom. The number of carbonyl (C=O) groups is 1. The maximum atomic E-state index is 14.1. The fraction of sp³-hybridized carbons (Fsp3) is 0.500. The number of rotatable bonds is 5. The lowest BCUT2D eigenvalue weighted by Gasteiger charge is -2.39. The van der Waals surface area contributed by atoms with E-state index in [4.69, 9.17) is 25.9 Å². The van der Waals surface area contributed by atoms with Crippen LogP contribution in [0.25, 0.3) is 0 Å². The zero-order chi connectivity index (χ0) is 22.9. The van der Waals surface area contributed by atoms with Gasteiger partial charge in [-0.1, -0.05) is 0 Å². The van der Waals surface area contributed by atoms with Crippen LogP contribution in [0.15, 0.2) is 27.9 Å². The van der Waals surface area contributed by atoms with Crippen molar-refractivity contribution in [3.8, 4) is 5.75 Å². The monoisotopic (exact) mass is 462 g/mol. The van der Waals surface area contributed by atoms with Gasteiger partial charge in [-0.3, -0.25) is 0 Å². The van der Waals surface area contributed by atoms with Crippen LogP contribution < -0.4 is 10.5 Å². The molecule has 0 spiro atoms. The Kier molecular flexibility index (Phi) is 6.97. The van der Waals surface area contributed by atoms with Gasteiger partial charge in [0.1, 0.15) is 16.6 Å². The molecule has 2 rings (SSSR count). The first kappa shape index (κ1) is 23.9. The van der Waals surface area contributed by atoms with Crippen molar-refractivity contribution in [2.75, 3.05) is 13.1 Å². The normalized spacial score (nSPS) is 16.6. The highest BCUT2D eigenvalue weighted by molar-refractivity contribution is 8.17. The lowest BCUT2D eigenvalue weighted by molar-refractivity contribution is -0.0229. The number of amides is 1. The summed E-state index contributed by atoms with van der Waals surface area (Å²) in [5, 5.41) is 0. The average molecular weight is 463 g/mol. The molecule has 12 heteroatoms. The van der Waals surface area contributed by atoms with Crippen LogP contribution >= 0.6 is 10.7 Å². The Balaban J connectivity index is 2.12. The molecule has 166 valence electrons. The number of hydrogen-bond donors (Lipinski definition) is 1. The minimum Gasteiger partial charge on any atom is -0.483 e. The summed E-state index contributed by atoms with van der Waals surface area (Å²) in [5.41, 5.74) is 4.93. The van der Waals surface area contributed by atoms with E-state index in [0.717, 1.165) is 6.20 Å². The standard InChI is InChI=1S/C18H24ClFN4O5S/c1-10(21)16(30(19,26)27)11(2)23-15-6-14(13(20)7-22-15)28-12-8-24(9-12)17(25)29-18(3,4)5/h6-7,12H,8-9,21H2,1-5H3. The van der Waals surface area contributed by atoms with Crippen LogP contribution in [-0.4, -0.2) is 54.9 Å². The summed E-state index contributed by atoms with van der Waals surface area (Å²) in [6.45, 7) is 8.51. The van der Waals surface area contributed by atoms with Gasteiger partial charge in [0.25, 0.3) is 9.05 Å². The first-order valence-electron chi connectivity index (χ1n) is 8.94. The van der Waals surface area contributed by atoms with Crippen molar-refractivity contribution in [3.05, 3.63) is 28.7 Å². The van der Waals surface area contributed by atoms with E-state index in [1.807, 2.05) is 0 Å². The lowest BCUT2D eigenvalue weighted by atomic mass is 10.1. The second-order valence-electron chi connectivity index (χ2n) is 7.75. The van der Waals surface area contributed by atoms with Crippen molar-refractivity contribution in [2.24, 2.45) is 10.7 Å². The number of nitrogens with two attached hydrogens (primary N) is 1. The summed E-state index contributed by atoms with van der Waals surface area (Å²) >= 11 is 0. The number of halogens is 2. The average Bonchev–Trinajstić information content (AvgIpc) is 2.49. The molecule has 0 saturated carbocycles. The molecule has 30 heavy (non-hydrogen) atoms. The van der Waals surface area contributed by atoms with Gasteiger partial charge >= 0.3 is 6.09 Å². The van der Waals surface area contributed by atoms with Crippen LogP contribution in [0.3, 0.4) is 0 Å². The second-order valence-corrected chi connectivity index (χ2v) is 10.2. The van der Waals surface area contributed by atoms with Crippen LogP contribution in [0, 0.1) is 5.82 Å². The number of pyridine rings is 1. The molecule has 1 aliphatic rings. The molecular formula is C18H24ClFN4O5S. The molecular weight excluding hydrogens is 439 g/mol. The van der Waals surface area contributed by atoms with Crippen LogP contribution in [-0.2, 0) is 13.8 Å². The minimum atomic E-state index is -4.13. The minimum absolute atomic E-state index is 0.00481. The van der Waals surface area contributed by atoms with E-state index in [1.165, 1.54) is 24.8 Å². The number of hydrogen-bond acceptors (Lipinski definition) is 8. The topological polar surface area (TPSA) is 124 Å². The Morgan fingerprint density at radius 3 is 2.47 bits per heavy atom. The fourth-order valence-corrected chi connectivity index (χ4v) is 4.09. The van der Waals surface area contributed by atoms with Crippen molar-refractivity contribution in [2.45, 2.75) is 46.3 Å². The molecule has 1 saturated heterocycles. The van der Waals surface area contributed by atoms with Gasteiger partial charge in [-0.2, -0.15) is 0 Å². The van der Waals surface area contributed by atoms with Crippen LogP contribution in [0.5, 0.6) is 5.75 Å². The summed E-state index contributed by atoms with van der Waals surface area (Å²) in [5.74, 6) is -0.849. The molecule has 1 fully saturated rings. The van der Waals surface area contributed by atoms with Gasteiger partial charge in [0, 0.05) is 22.4 Å². The van der Waals surface area contributed by atoms with E-state index in [2.05, 4.69) is 9.98 Å². The van der Waals surface area contributed by atoms with E-state index in [1.54, 1.807) is 20.8 Å². The van der Waals surface area contributed by atoms with Gasteiger partial charge in [-0.05, 0) is 34.6 Å². The van der Waals surface area contributed by atoms with E-state index < -0.39 is 32.7 Å². The number of ether oxygens (including phenoxy) is 2. The van der Waals surface area contributed by atoms with E-state index >= 15 is 0 Å². The highest BCUT2D eigenvalue weighted by Crippen LogP contribution is 2.27. The molecule has 0 radical (unpaired) electrons. The van der Waals surface area contributed by atoms with E-state index in [0.29, 0.717) is 0 Å². The summed E-state index contributed by atoms with van der Waals surface area (Å²) in [6, 6.07) is 1.22. The molecule has 0 unspecified atom stereocenters. The second kappa shape index (κ2) is 8.76. The van der Waals surface area contributed by atoms with E-state index in [9.17, 15) is 17.6 Å². The van der Waals surface area contributed by atoms with Gasteiger partial charge < -0.3 is 20.1 Å². The van der Waals surface area contributed by atoms with Gasteiger partial charge in [-0.15, -0.1) is 0 Å². The van der Waals surface area contributed by atoms with Crippen molar-refractivity contribution >= 4 is 37.4 Å². The number of aromatic nitrogens is 1. The van der Waals surface area contributed by atoms with E-state index in [-0.39, 0.29) is 41.0 Å². The van der Waals surface area contributed by atoms with Crippen molar-refractivity contribution in [1.82, 2.24) is 9.88 Å². The largest absolute Gasteiger partial charge is 0.483 e. The summed E-state index contributed by atoms with van der Waals surface area (Å²) < 4.78 is 48.3. The van der Waals surface area contributed by atoms with Crippen LogP contribution in [0.1, 0.15) is 34.6 Å². The third kappa shape index (κ3) is 6.30. The summed E-state index contributed by atoms with van der Waals surface area (Å²) in [7, 11) is 1.26. The molecule has 0 aliphatic carbocycles. The third-order valence-corrected chi connectivity index (χ3v) is 5.38. The Labute approximate surface area is 179 Å². The molecule has 1 aliphatic heterocycles. The molecule has 1 amide bonds. The van der Waals surface area contributed by atoms with Gasteiger partial charge in [0.2, 0.25) is 0 Å². The number of likely N-dealkylation sites (tertiary alicyclic amines) is 1. The van der Waals surface area contributed by atoms with Crippen LogP contribution in [0.2, 0.25) is 0 Å². The number of carbonyl (C=O) groups excluding carboxylic acids is 1. The smallest absolute Gasteiger partial charge is 0.410 e. The lowest BCUT2D eigenvalue weighted by Crippen LogP contribution is -2.57. The van der Waals surface area contributed by atoms with Crippen molar-refractivity contribution in [3.63, 3.8) is 0 Å². The maximum Gasteiger partial charge on any atom is 0.410 e. The molecule has 9 nitrogen and oxygen atoms in total. The summed E-state index contributed by atoms with van der Waals surface area (Å²) in [4.78, 5) is 20.9. The molecule has 0 atom stereocenters. The zero-order valence-corrected chi connectivity index (χ0v) is 18.8.